The third kappa shape index (κ3) is 4.12. The van der Waals surface area contributed by atoms with Crippen LogP contribution in [0.3, 0.4) is 0 Å². The summed E-state index contributed by atoms with van der Waals surface area (Å²) in [4.78, 5) is 17.2. The number of amides is 1. The molecule has 2 N–H and O–H groups in total. The van der Waals surface area contributed by atoms with E-state index in [1.54, 1.807) is 32.4 Å². The van der Waals surface area contributed by atoms with E-state index in [2.05, 4.69) is 15.8 Å². The number of benzene rings is 2. The molecule has 0 radical (unpaired) electrons. The molecule has 0 spiro atoms. The van der Waals surface area contributed by atoms with Gasteiger partial charge in [0, 0.05) is 32.2 Å². The minimum Gasteiger partial charge on any atom is -0.493 e. The van der Waals surface area contributed by atoms with Gasteiger partial charge in [0.15, 0.2) is 11.5 Å². The summed E-state index contributed by atoms with van der Waals surface area (Å²) >= 11 is 0. The number of methoxy groups -OCH3 is 2. The van der Waals surface area contributed by atoms with Crippen LogP contribution in [0, 0.1) is 5.82 Å². The topological polar surface area (TPSA) is 66.1 Å². The number of piperazine rings is 1. The predicted octanol–water partition coefficient (Wildman–Crippen LogP) is 2.17. The molecule has 0 saturated carbocycles. The number of nitrogens with one attached hydrogen (secondary N) is 2. The van der Waals surface area contributed by atoms with Crippen molar-refractivity contribution in [1.29, 1.82) is 0 Å². The normalized spacial score (nSPS) is 22.2. The van der Waals surface area contributed by atoms with E-state index in [0.717, 1.165) is 25.1 Å². The number of carbonyl (C=O) groups is 1. The Hall–Kier alpha value is -2.68. The lowest BCUT2D eigenvalue weighted by molar-refractivity contribution is 0.0541. The van der Waals surface area contributed by atoms with Crippen molar-refractivity contribution in [2.75, 3.05) is 40.4 Å². The van der Waals surface area contributed by atoms with Crippen molar-refractivity contribution in [3.63, 3.8) is 0 Å². The number of hydrogen-bond donors (Lipinski definition) is 2. The van der Waals surface area contributed by atoms with Crippen LogP contribution in [0.2, 0.25) is 0 Å². The maximum atomic E-state index is 13.2. The molecule has 2 saturated heterocycles. The van der Waals surface area contributed by atoms with E-state index in [-0.39, 0.29) is 23.9 Å². The Bertz CT molecular complexity index is 884. The van der Waals surface area contributed by atoms with Crippen LogP contribution in [0.15, 0.2) is 42.5 Å². The van der Waals surface area contributed by atoms with E-state index >= 15 is 0 Å². The zero-order valence-corrected chi connectivity index (χ0v) is 17.2. The summed E-state index contributed by atoms with van der Waals surface area (Å²) in [7, 11) is 3.11. The average molecular weight is 414 g/mol. The first-order chi connectivity index (χ1) is 14.6. The van der Waals surface area contributed by atoms with Crippen LogP contribution in [-0.4, -0.2) is 62.3 Å². The largest absolute Gasteiger partial charge is 0.493 e. The molecular weight excluding hydrogens is 387 g/mol. The van der Waals surface area contributed by atoms with Crippen LogP contribution in [-0.2, 0) is 0 Å². The number of halogens is 1. The van der Waals surface area contributed by atoms with Crippen LogP contribution >= 0.6 is 0 Å². The smallest absolute Gasteiger partial charge is 0.257 e. The van der Waals surface area contributed by atoms with Crippen LogP contribution in [0.1, 0.15) is 28.4 Å². The number of para-hydroxylation sites is 1. The monoisotopic (exact) mass is 414 g/mol. The van der Waals surface area contributed by atoms with Gasteiger partial charge in [-0.2, -0.15) is 0 Å². The van der Waals surface area contributed by atoms with Gasteiger partial charge in [-0.05, 0) is 36.2 Å². The Balaban J connectivity index is 1.35. The van der Waals surface area contributed by atoms with E-state index in [1.165, 1.54) is 12.1 Å². The fourth-order valence-electron chi connectivity index (χ4n) is 4.16. The first-order valence-electron chi connectivity index (χ1n) is 10.1. The third-order valence-electron chi connectivity index (χ3n) is 5.83. The van der Waals surface area contributed by atoms with Crippen molar-refractivity contribution < 1.29 is 18.7 Å². The fraction of sp³-hybridized carbons (Fsp3) is 0.409. The zero-order chi connectivity index (χ0) is 21.1. The lowest BCUT2D eigenvalue weighted by atomic mass is 10.0. The predicted molar refractivity (Wildman–Crippen MR) is 111 cm³/mol. The fourth-order valence-corrected chi connectivity index (χ4v) is 4.16. The molecule has 0 bridgehead atoms. The SMILES string of the molecule is COc1cccc(C(=O)N2CCN(C3CC(c4ccc(F)cc4)NN3)CC2)c1OC. The van der Waals surface area contributed by atoms with Gasteiger partial charge in [-0.3, -0.25) is 9.69 Å². The molecule has 0 aliphatic carbocycles. The Labute approximate surface area is 175 Å². The molecular formula is C22H27FN4O3. The summed E-state index contributed by atoms with van der Waals surface area (Å²) in [6, 6.07) is 12.1. The molecule has 1 amide bonds. The van der Waals surface area contributed by atoms with Gasteiger partial charge >= 0.3 is 0 Å². The van der Waals surface area contributed by atoms with Crippen molar-refractivity contribution in [2.45, 2.75) is 18.6 Å². The molecule has 30 heavy (non-hydrogen) atoms. The highest BCUT2D eigenvalue weighted by Crippen LogP contribution is 2.32. The second-order valence-electron chi connectivity index (χ2n) is 7.51. The van der Waals surface area contributed by atoms with Gasteiger partial charge in [0.05, 0.1) is 25.9 Å². The average Bonchev–Trinajstić information content (AvgIpc) is 3.29. The Morgan fingerprint density at radius 1 is 1.00 bits per heavy atom. The third-order valence-corrected chi connectivity index (χ3v) is 5.83. The molecule has 7 nitrogen and oxygen atoms in total. The van der Waals surface area contributed by atoms with Gasteiger partial charge in [0.1, 0.15) is 5.82 Å². The zero-order valence-electron chi connectivity index (χ0n) is 17.2. The molecule has 2 unspecified atom stereocenters. The van der Waals surface area contributed by atoms with Gasteiger partial charge < -0.3 is 14.4 Å². The lowest BCUT2D eigenvalue weighted by Gasteiger charge is -2.37. The van der Waals surface area contributed by atoms with E-state index < -0.39 is 0 Å². The van der Waals surface area contributed by atoms with Gasteiger partial charge in [0.2, 0.25) is 0 Å². The highest BCUT2D eigenvalue weighted by atomic mass is 19.1. The van der Waals surface area contributed by atoms with Crippen LogP contribution in [0.4, 0.5) is 4.39 Å². The van der Waals surface area contributed by atoms with Crippen molar-refractivity contribution in [1.82, 2.24) is 20.7 Å². The maximum absolute atomic E-state index is 13.2. The van der Waals surface area contributed by atoms with Gasteiger partial charge in [-0.1, -0.05) is 18.2 Å². The summed E-state index contributed by atoms with van der Waals surface area (Å²) < 4.78 is 23.9. The first kappa shape index (κ1) is 20.6. The van der Waals surface area contributed by atoms with Crippen LogP contribution in [0.5, 0.6) is 11.5 Å². The minimum absolute atomic E-state index is 0.0490. The molecule has 2 aliphatic heterocycles. The number of carbonyl (C=O) groups excluding carboxylic acids is 1. The molecule has 2 aromatic carbocycles. The second kappa shape index (κ2) is 8.99. The molecule has 2 heterocycles. The molecule has 2 atom stereocenters. The summed E-state index contributed by atoms with van der Waals surface area (Å²) in [6.07, 6.45) is 1.05. The summed E-state index contributed by atoms with van der Waals surface area (Å²) in [5, 5.41) is 0. The van der Waals surface area contributed by atoms with E-state index in [0.29, 0.717) is 30.2 Å². The number of ether oxygens (including phenoxy) is 2. The van der Waals surface area contributed by atoms with E-state index in [4.69, 9.17) is 9.47 Å². The van der Waals surface area contributed by atoms with E-state index in [1.807, 2.05) is 17.0 Å². The van der Waals surface area contributed by atoms with Crippen molar-refractivity contribution in [3.05, 3.63) is 59.4 Å². The highest BCUT2D eigenvalue weighted by molar-refractivity contribution is 5.97. The van der Waals surface area contributed by atoms with Crippen molar-refractivity contribution in [2.24, 2.45) is 0 Å². The Morgan fingerprint density at radius 3 is 2.40 bits per heavy atom. The molecule has 8 heteroatoms. The quantitative estimate of drug-likeness (QED) is 0.782. The summed E-state index contributed by atoms with van der Waals surface area (Å²) in [6.45, 7) is 2.82. The van der Waals surface area contributed by atoms with Crippen LogP contribution in [0.25, 0.3) is 0 Å². The molecule has 2 aliphatic rings. The Morgan fingerprint density at radius 2 is 1.73 bits per heavy atom. The first-order valence-corrected chi connectivity index (χ1v) is 10.1. The van der Waals surface area contributed by atoms with Crippen LogP contribution < -0.4 is 20.3 Å². The maximum Gasteiger partial charge on any atom is 0.257 e. The molecule has 2 fully saturated rings. The van der Waals surface area contributed by atoms with E-state index in [9.17, 15) is 9.18 Å². The molecule has 4 rings (SSSR count). The van der Waals surface area contributed by atoms with Crippen molar-refractivity contribution >= 4 is 5.91 Å². The number of hydrogen-bond acceptors (Lipinski definition) is 6. The van der Waals surface area contributed by atoms with Gasteiger partial charge in [0.25, 0.3) is 5.91 Å². The number of nitrogens with zero attached hydrogens (tertiary/aromatic N) is 2. The summed E-state index contributed by atoms with van der Waals surface area (Å²) in [5.41, 5.74) is 8.22. The van der Waals surface area contributed by atoms with Crippen molar-refractivity contribution in [3.8, 4) is 11.5 Å². The van der Waals surface area contributed by atoms with Gasteiger partial charge in [-0.15, -0.1) is 0 Å². The van der Waals surface area contributed by atoms with Gasteiger partial charge in [-0.25, -0.2) is 15.2 Å². The minimum atomic E-state index is -0.227. The lowest BCUT2D eigenvalue weighted by Crippen LogP contribution is -2.55. The highest BCUT2D eigenvalue weighted by Gasteiger charge is 2.33. The molecule has 0 aromatic heterocycles. The number of hydrazine groups is 1. The molecule has 160 valence electrons. The standard InChI is InChI=1S/C22H27FN4O3/c1-29-19-5-3-4-17(21(19)30-2)22(28)27-12-10-26(11-13-27)20-14-18(24-25-20)15-6-8-16(23)9-7-15/h3-9,18,20,24-25H,10-14H2,1-2H3. The molecule has 2 aromatic rings. The summed E-state index contributed by atoms with van der Waals surface area (Å²) in [5.74, 6) is 0.744. The second-order valence-corrected chi connectivity index (χ2v) is 7.51. The Kier molecular flexibility index (Phi) is 6.17. The number of rotatable bonds is 5.